The third-order valence-corrected chi connectivity index (χ3v) is 7.96. The lowest BCUT2D eigenvalue weighted by Crippen LogP contribution is -2.29. The van der Waals surface area contributed by atoms with Crippen LogP contribution in [0, 0.1) is 0 Å². The number of ketones is 1. The fourth-order valence-electron chi connectivity index (χ4n) is 5.12. The Bertz CT molecular complexity index is 1710. The minimum absolute atomic E-state index is 0.0189. The lowest BCUT2D eigenvalue weighted by molar-refractivity contribution is -0.132. The van der Waals surface area contributed by atoms with Gasteiger partial charge in [-0.2, -0.15) is 0 Å². The number of fused-ring (bicyclic) bond motifs is 2. The summed E-state index contributed by atoms with van der Waals surface area (Å²) in [6, 6.07) is 16.9. The highest BCUT2D eigenvalue weighted by Crippen LogP contribution is 2.45. The van der Waals surface area contributed by atoms with E-state index >= 15 is 0 Å². The fraction of sp³-hybridized carbons (Fsp3) is 0.194. The molecule has 1 aromatic heterocycles. The Kier molecular flexibility index (Phi) is 6.51. The number of hydrogen-bond acceptors (Lipinski definition) is 8. The van der Waals surface area contributed by atoms with Gasteiger partial charge in [-0.25, -0.2) is 4.98 Å². The standard InChI is InChI=1S/C31H26N2O6S/c1-4-12-38-22-7-5-6-18(15-22)27-26(28(34)19-8-11-24-20(14-19)13-17(2)39-24)29(35)30(36)33(27)31-32-23-10-9-21(37-3)16-25(23)40-31/h4-11,14-17,27,34H,1,12-13H2,2-3H3/b28-26+/t17-,27+/m1/s1. The van der Waals surface area contributed by atoms with Gasteiger partial charge in [-0.05, 0) is 66.6 Å². The predicted molar refractivity (Wildman–Crippen MR) is 153 cm³/mol. The molecule has 2 aliphatic rings. The van der Waals surface area contributed by atoms with E-state index < -0.39 is 17.7 Å². The normalized spacial score (nSPS) is 19.5. The number of aliphatic hydroxyl groups is 1. The SMILES string of the molecule is C=CCOc1cccc([C@H]2/C(=C(\O)c3ccc4c(c3)C[C@@H](C)O4)C(=O)C(=O)N2c2nc3ccc(OC)cc3s2)c1. The lowest BCUT2D eigenvalue weighted by atomic mass is 9.94. The first-order valence-corrected chi connectivity index (χ1v) is 13.6. The van der Waals surface area contributed by atoms with Gasteiger partial charge in [0.25, 0.3) is 5.78 Å². The molecule has 4 aromatic rings. The van der Waals surface area contributed by atoms with Gasteiger partial charge in [0.05, 0.1) is 28.9 Å². The van der Waals surface area contributed by atoms with Crippen molar-refractivity contribution in [3.63, 3.8) is 0 Å². The van der Waals surface area contributed by atoms with Crippen LogP contribution < -0.4 is 19.1 Å². The molecule has 1 saturated heterocycles. The van der Waals surface area contributed by atoms with E-state index in [4.69, 9.17) is 14.2 Å². The maximum atomic E-state index is 13.6. The highest BCUT2D eigenvalue weighted by molar-refractivity contribution is 7.22. The van der Waals surface area contributed by atoms with Crippen LogP contribution in [0.4, 0.5) is 5.13 Å². The number of carbonyl (C=O) groups excluding carboxylic acids is 2. The number of thiazole rings is 1. The number of benzene rings is 3. The average molecular weight is 555 g/mol. The number of methoxy groups -OCH3 is 1. The van der Waals surface area contributed by atoms with E-state index in [1.54, 1.807) is 61.7 Å². The molecule has 0 spiro atoms. The second-order valence-corrected chi connectivity index (χ2v) is 10.6. The molecule has 6 rings (SSSR count). The molecular formula is C31H26N2O6S. The molecule has 9 heteroatoms. The van der Waals surface area contributed by atoms with Crippen LogP contribution in [0.15, 0.2) is 78.9 Å². The van der Waals surface area contributed by atoms with E-state index in [1.165, 1.54) is 16.2 Å². The molecule has 2 aliphatic heterocycles. The van der Waals surface area contributed by atoms with Gasteiger partial charge >= 0.3 is 5.91 Å². The van der Waals surface area contributed by atoms with Gasteiger partial charge in [0.15, 0.2) is 5.13 Å². The Labute approximate surface area is 234 Å². The lowest BCUT2D eigenvalue weighted by Gasteiger charge is -2.23. The molecule has 2 atom stereocenters. The van der Waals surface area contributed by atoms with Crippen molar-refractivity contribution in [2.24, 2.45) is 0 Å². The zero-order valence-electron chi connectivity index (χ0n) is 21.9. The first-order chi connectivity index (χ1) is 19.4. The number of aromatic nitrogens is 1. The van der Waals surface area contributed by atoms with Crippen LogP contribution in [0.25, 0.3) is 16.0 Å². The van der Waals surface area contributed by atoms with Crippen LogP contribution in [0.2, 0.25) is 0 Å². The number of rotatable bonds is 7. The van der Waals surface area contributed by atoms with Gasteiger partial charge in [-0.1, -0.05) is 36.1 Å². The second-order valence-electron chi connectivity index (χ2n) is 9.63. The number of carbonyl (C=O) groups is 2. The molecule has 3 aromatic carbocycles. The van der Waals surface area contributed by atoms with Crippen LogP contribution in [-0.2, 0) is 16.0 Å². The third-order valence-electron chi connectivity index (χ3n) is 6.95. The summed E-state index contributed by atoms with van der Waals surface area (Å²) >= 11 is 1.27. The zero-order chi connectivity index (χ0) is 28.0. The fourth-order valence-corrected chi connectivity index (χ4v) is 6.14. The van der Waals surface area contributed by atoms with E-state index in [0.717, 1.165) is 16.0 Å². The highest BCUT2D eigenvalue weighted by atomic mass is 32.1. The number of anilines is 1. The largest absolute Gasteiger partial charge is 0.507 e. The van der Waals surface area contributed by atoms with E-state index in [-0.39, 0.29) is 17.4 Å². The number of Topliss-reactive ketones (excluding diaryl/α,β-unsaturated/α-hetero) is 1. The molecule has 0 saturated carbocycles. The van der Waals surface area contributed by atoms with Crippen molar-refractivity contribution in [2.45, 2.75) is 25.5 Å². The van der Waals surface area contributed by atoms with Crippen molar-refractivity contribution in [2.75, 3.05) is 18.6 Å². The molecule has 8 nitrogen and oxygen atoms in total. The van der Waals surface area contributed by atoms with Crippen LogP contribution in [0.3, 0.4) is 0 Å². The highest BCUT2D eigenvalue weighted by Gasteiger charge is 2.48. The van der Waals surface area contributed by atoms with Crippen LogP contribution >= 0.6 is 11.3 Å². The van der Waals surface area contributed by atoms with Gasteiger partial charge in [0.2, 0.25) is 0 Å². The van der Waals surface area contributed by atoms with Gasteiger partial charge in [-0.15, -0.1) is 0 Å². The molecule has 1 fully saturated rings. The number of hydrogen-bond donors (Lipinski definition) is 1. The summed E-state index contributed by atoms with van der Waals surface area (Å²) in [5, 5.41) is 11.9. The Morgan fingerprint density at radius 2 is 2.02 bits per heavy atom. The molecule has 1 N–H and O–H groups in total. The Hall–Kier alpha value is -4.63. The molecule has 0 unspecified atom stereocenters. The second kappa shape index (κ2) is 10.2. The number of ether oxygens (including phenoxy) is 3. The first-order valence-electron chi connectivity index (χ1n) is 12.8. The van der Waals surface area contributed by atoms with E-state index in [1.807, 2.05) is 19.1 Å². The molecular weight excluding hydrogens is 528 g/mol. The minimum atomic E-state index is -0.932. The number of amides is 1. The minimum Gasteiger partial charge on any atom is -0.507 e. The molecule has 0 bridgehead atoms. The van der Waals surface area contributed by atoms with Gasteiger partial charge in [0, 0.05) is 12.0 Å². The van der Waals surface area contributed by atoms with Crippen LogP contribution in [0.5, 0.6) is 17.2 Å². The molecule has 202 valence electrons. The molecule has 1 amide bonds. The van der Waals surface area contributed by atoms with Crippen molar-refractivity contribution in [1.82, 2.24) is 4.98 Å². The summed E-state index contributed by atoms with van der Waals surface area (Å²) in [6.07, 6.45) is 2.34. The quantitative estimate of drug-likeness (QED) is 0.133. The Morgan fingerprint density at radius 3 is 2.83 bits per heavy atom. The van der Waals surface area contributed by atoms with Gasteiger partial charge in [0.1, 0.15) is 35.7 Å². The summed E-state index contributed by atoms with van der Waals surface area (Å²) in [5.41, 5.74) is 2.61. The van der Waals surface area contributed by atoms with Crippen LogP contribution in [0.1, 0.15) is 29.7 Å². The summed E-state index contributed by atoms with van der Waals surface area (Å²) in [5.74, 6) is 0.130. The molecule has 0 radical (unpaired) electrons. The summed E-state index contributed by atoms with van der Waals surface area (Å²) in [7, 11) is 1.58. The van der Waals surface area contributed by atoms with E-state index in [2.05, 4.69) is 11.6 Å². The van der Waals surface area contributed by atoms with E-state index in [9.17, 15) is 14.7 Å². The average Bonchev–Trinajstić information content (AvgIpc) is 3.63. The maximum absolute atomic E-state index is 13.6. The number of nitrogens with zero attached hydrogens (tertiary/aromatic N) is 2. The monoisotopic (exact) mass is 554 g/mol. The Morgan fingerprint density at radius 1 is 1.18 bits per heavy atom. The molecule has 3 heterocycles. The van der Waals surface area contributed by atoms with Gasteiger partial charge in [-0.3, -0.25) is 14.5 Å². The van der Waals surface area contributed by atoms with E-state index in [0.29, 0.717) is 46.3 Å². The maximum Gasteiger partial charge on any atom is 0.301 e. The van der Waals surface area contributed by atoms with Crippen molar-refractivity contribution in [1.29, 1.82) is 0 Å². The van der Waals surface area contributed by atoms with Gasteiger partial charge < -0.3 is 19.3 Å². The van der Waals surface area contributed by atoms with Crippen molar-refractivity contribution < 1.29 is 28.9 Å². The first kappa shape index (κ1) is 25.6. The predicted octanol–water partition coefficient (Wildman–Crippen LogP) is 5.82. The number of aliphatic hydroxyl groups excluding tert-OH is 1. The smallest absolute Gasteiger partial charge is 0.301 e. The van der Waals surface area contributed by atoms with Crippen molar-refractivity contribution in [3.8, 4) is 17.2 Å². The summed E-state index contributed by atoms with van der Waals surface area (Å²) in [6.45, 7) is 5.95. The van der Waals surface area contributed by atoms with Crippen LogP contribution in [-0.4, -0.2) is 41.6 Å². The topological polar surface area (TPSA) is 98.2 Å². The summed E-state index contributed by atoms with van der Waals surface area (Å²) in [4.78, 5) is 33.3. The molecule has 40 heavy (non-hydrogen) atoms. The summed E-state index contributed by atoms with van der Waals surface area (Å²) < 4.78 is 17.7. The Balaban J connectivity index is 1.52. The zero-order valence-corrected chi connectivity index (χ0v) is 22.7. The van der Waals surface area contributed by atoms with Crippen molar-refractivity contribution in [3.05, 3.63) is 95.6 Å². The molecule has 0 aliphatic carbocycles. The third kappa shape index (κ3) is 4.38. The van der Waals surface area contributed by atoms with Crippen molar-refractivity contribution >= 4 is 44.1 Å².